The molecule has 0 radical (unpaired) electrons. The third-order valence-corrected chi connectivity index (χ3v) is 4.84. The van der Waals surface area contributed by atoms with Gasteiger partial charge in [0, 0.05) is 11.6 Å². The Morgan fingerprint density at radius 2 is 1.76 bits per heavy atom. The van der Waals surface area contributed by atoms with Crippen LogP contribution in [0.4, 0.5) is 0 Å². The molecule has 17 heavy (non-hydrogen) atoms. The molecule has 2 fully saturated rings. The van der Waals surface area contributed by atoms with Crippen molar-refractivity contribution in [1.29, 1.82) is 0 Å². The van der Waals surface area contributed by atoms with E-state index in [0.717, 1.165) is 6.04 Å². The van der Waals surface area contributed by atoms with Crippen LogP contribution in [0.3, 0.4) is 0 Å². The Bertz CT molecular complexity index is 364. The second-order valence-electron chi connectivity index (χ2n) is 5.79. The van der Waals surface area contributed by atoms with E-state index in [-0.39, 0.29) is 0 Å². The lowest BCUT2D eigenvalue weighted by molar-refractivity contribution is 0.0833. The van der Waals surface area contributed by atoms with Crippen LogP contribution >= 0.6 is 0 Å². The number of rotatable bonds is 2. The molecule has 0 aromatic heterocycles. The maximum atomic E-state index is 2.80. The van der Waals surface area contributed by atoms with Crippen LogP contribution in [0.1, 0.15) is 51.0 Å². The summed E-state index contributed by atoms with van der Waals surface area (Å²) < 4.78 is 0. The van der Waals surface area contributed by atoms with Gasteiger partial charge in [0.05, 0.1) is 0 Å². The van der Waals surface area contributed by atoms with Gasteiger partial charge < -0.3 is 0 Å². The molecule has 92 valence electrons. The summed E-state index contributed by atoms with van der Waals surface area (Å²) in [4.78, 5) is 2.80. The van der Waals surface area contributed by atoms with Gasteiger partial charge in [-0.05, 0) is 44.7 Å². The van der Waals surface area contributed by atoms with Gasteiger partial charge in [0.2, 0.25) is 0 Å². The zero-order valence-electron chi connectivity index (χ0n) is 10.9. The summed E-state index contributed by atoms with van der Waals surface area (Å²) in [5, 5.41) is 0. The Labute approximate surface area is 105 Å². The fourth-order valence-electron chi connectivity index (χ4n) is 4.02. The maximum absolute atomic E-state index is 2.80. The molecule has 1 heteroatoms. The number of likely N-dealkylation sites (tertiary alicyclic amines) is 1. The highest BCUT2D eigenvalue weighted by molar-refractivity contribution is 5.26. The molecule has 0 N–H and O–H groups in total. The van der Waals surface area contributed by atoms with Gasteiger partial charge in [-0.1, -0.05) is 43.2 Å². The lowest BCUT2D eigenvalue weighted by atomic mass is 9.85. The average Bonchev–Trinajstić information content (AvgIpc) is 2.99. The second-order valence-corrected chi connectivity index (χ2v) is 5.79. The van der Waals surface area contributed by atoms with Crippen molar-refractivity contribution in [2.75, 3.05) is 6.54 Å². The Morgan fingerprint density at radius 3 is 2.35 bits per heavy atom. The van der Waals surface area contributed by atoms with Gasteiger partial charge in [-0.2, -0.15) is 0 Å². The zero-order chi connectivity index (χ0) is 11.7. The lowest BCUT2D eigenvalue weighted by Crippen LogP contribution is -2.45. The highest BCUT2D eigenvalue weighted by Gasteiger charge is 2.44. The number of hydrogen-bond acceptors (Lipinski definition) is 1. The highest BCUT2D eigenvalue weighted by Crippen LogP contribution is 2.46. The summed E-state index contributed by atoms with van der Waals surface area (Å²) in [5.41, 5.74) is 1.93. The molecule has 1 saturated heterocycles. The summed E-state index contributed by atoms with van der Waals surface area (Å²) >= 11 is 0. The van der Waals surface area contributed by atoms with Crippen molar-refractivity contribution >= 4 is 0 Å². The van der Waals surface area contributed by atoms with Gasteiger partial charge in [0.15, 0.2) is 0 Å². The number of benzene rings is 1. The van der Waals surface area contributed by atoms with E-state index >= 15 is 0 Å². The smallest absolute Gasteiger partial charge is 0.0463 e. The minimum absolute atomic E-state index is 0.372. The van der Waals surface area contributed by atoms with Crippen molar-refractivity contribution in [3.8, 4) is 0 Å². The van der Waals surface area contributed by atoms with Crippen LogP contribution < -0.4 is 0 Å². The van der Waals surface area contributed by atoms with Crippen molar-refractivity contribution in [1.82, 2.24) is 4.90 Å². The molecule has 2 aliphatic rings. The first-order valence-corrected chi connectivity index (χ1v) is 7.15. The molecule has 0 bridgehead atoms. The van der Waals surface area contributed by atoms with E-state index in [1.807, 2.05) is 0 Å². The van der Waals surface area contributed by atoms with Gasteiger partial charge in [0.1, 0.15) is 0 Å². The van der Waals surface area contributed by atoms with Crippen LogP contribution in [0.2, 0.25) is 0 Å². The minimum atomic E-state index is 0.372. The number of nitrogens with zero attached hydrogens (tertiary/aromatic N) is 1. The van der Waals surface area contributed by atoms with E-state index in [1.54, 1.807) is 5.56 Å². The molecule has 1 heterocycles. The Balaban J connectivity index is 1.98. The van der Waals surface area contributed by atoms with Crippen LogP contribution in [-0.4, -0.2) is 17.5 Å². The van der Waals surface area contributed by atoms with Crippen molar-refractivity contribution < 1.29 is 0 Å². The standard InChI is InChI=1S/C16H23N/c1-14-8-7-13-17(14)16(11-5-6-12-16)15-9-3-2-4-10-15/h2-4,9-10,14H,5-8,11-13H2,1H3. The number of hydrogen-bond donors (Lipinski definition) is 0. The molecule has 1 atom stereocenters. The molecule has 1 unspecified atom stereocenters. The van der Waals surface area contributed by atoms with Crippen molar-refractivity contribution in [2.45, 2.75) is 57.0 Å². The lowest BCUT2D eigenvalue weighted by Gasteiger charge is -2.42. The Kier molecular flexibility index (Phi) is 2.96. The first kappa shape index (κ1) is 11.3. The van der Waals surface area contributed by atoms with E-state index < -0.39 is 0 Å². The Hall–Kier alpha value is -0.820. The quantitative estimate of drug-likeness (QED) is 0.742. The molecule has 0 amide bonds. The Morgan fingerprint density at radius 1 is 1.06 bits per heavy atom. The largest absolute Gasteiger partial charge is 0.291 e. The first-order chi connectivity index (χ1) is 8.33. The van der Waals surface area contributed by atoms with Gasteiger partial charge in [0.25, 0.3) is 0 Å². The molecule has 1 aliphatic heterocycles. The van der Waals surface area contributed by atoms with E-state index in [4.69, 9.17) is 0 Å². The van der Waals surface area contributed by atoms with Gasteiger partial charge in [-0.25, -0.2) is 0 Å². The molecule has 0 spiro atoms. The normalized spacial score (nSPS) is 28.6. The van der Waals surface area contributed by atoms with Gasteiger partial charge >= 0.3 is 0 Å². The third kappa shape index (κ3) is 1.81. The monoisotopic (exact) mass is 229 g/mol. The van der Waals surface area contributed by atoms with Crippen LogP contribution in [-0.2, 0) is 5.54 Å². The summed E-state index contributed by atoms with van der Waals surface area (Å²) in [7, 11) is 0. The topological polar surface area (TPSA) is 3.24 Å². The fourth-order valence-corrected chi connectivity index (χ4v) is 4.02. The van der Waals surface area contributed by atoms with Crippen LogP contribution in [0.5, 0.6) is 0 Å². The summed E-state index contributed by atoms with van der Waals surface area (Å²) in [6, 6.07) is 12.0. The van der Waals surface area contributed by atoms with E-state index in [9.17, 15) is 0 Å². The highest BCUT2D eigenvalue weighted by atomic mass is 15.2. The molecule has 3 rings (SSSR count). The molecule has 1 aromatic rings. The van der Waals surface area contributed by atoms with Crippen molar-refractivity contribution in [2.24, 2.45) is 0 Å². The predicted molar refractivity (Wildman–Crippen MR) is 72.0 cm³/mol. The second kappa shape index (κ2) is 4.45. The van der Waals surface area contributed by atoms with E-state index in [1.165, 1.54) is 45.1 Å². The predicted octanol–water partition coefficient (Wildman–Crippen LogP) is 3.94. The SMILES string of the molecule is CC1CCCN1C1(c2ccccc2)CCCC1. The molecular formula is C16H23N. The summed E-state index contributed by atoms with van der Waals surface area (Å²) in [5.74, 6) is 0. The third-order valence-electron chi connectivity index (χ3n) is 4.84. The molecular weight excluding hydrogens is 206 g/mol. The van der Waals surface area contributed by atoms with E-state index in [2.05, 4.69) is 42.2 Å². The molecule has 1 aromatic carbocycles. The van der Waals surface area contributed by atoms with Crippen LogP contribution in [0.15, 0.2) is 30.3 Å². The average molecular weight is 229 g/mol. The van der Waals surface area contributed by atoms with Crippen molar-refractivity contribution in [3.63, 3.8) is 0 Å². The minimum Gasteiger partial charge on any atom is -0.291 e. The molecule has 1 aliphatic carbocycles. The maximum Gasteiger partial charge on any atom is 0.0463 e. The van der Waals surface area contributed by atoms with E-state index in [0.29, 0.717) is 5.54 Å². The fraction of sp³-hybridized carbons (Fsp3) is 0.625. The van der Waals surface area contributed by atoms with Gasteiger partial charge in [-0.15, -0.1) is 0 Å². The van der Waals surface area contributed by atoms with Crippen LogP contribution in [0, 0.1) is 0 Å². The summed E-state index contributed by atoms with van der Waals surface area (Å²) in [6.45, 7) is 3.71. The van der Waals surface area contributed by atoms with Gasteiger partial charge in [-0.3, -0.25) is 4.90 Å². The molecule has 1 saturated carbocycles. The molecule has 1 nitrogen and oxygen atoms in total. The van der Waals surface area contributed by atoms with Crippen LogP contribution in [0.25, 0.3) is 0 Å². The van der Waals surface area contributed by atoms with Crippen molar-refractivity contribution in [3.05, 3.63) is 35.9 Å². The zero-order valence-corrected chi connectivity index (χ0v) is 10.9. The first-order valence-electron chi connectivity index (χ1n) is 7.15. The summed E-state index contributed by atoms with van der Waals surface area (Å²) in [6.07, 6.45) is 8.29.